The third-order valence-corrected chi connectivity index (χ3v) is 3.01. The Balaban J connectivity index is 2.01. The van der Waals surface area contributed by atoms with Crippen molar-refractivity contribution < 1.29 is 4.42 Å². The average molecular weight is 234 g/mol. The summed E-state index contributed by atoms with van der Waals surface area (Å²) in [6.07, 6.45) is 4.05. The molecular formula is C10H14N6O. The second kappa shape index (κ2) is 3.85. The maximum absolute atomic E-state index is 6.12. The normalized spacial score (nSPS) is 16.9. The average Bonchev–Trinajstić information content (AvgIpc) is 2.98. The molecule has 0 aromatic carbocycles. The van der Waals surface area contributed by atoms with Gasteiger partial charge in [0.25, 0.3) is 0 Å². The van der Waals surface area contributed by atoms with E-state index in [2.05, 4.69) is 20.2 Å². The summed E-state index contributed by atoms with van der Waals surface area (Å²) in [4.78, 5) is 5.99. The quantitative estimate of drug-likeness (QED) is 0.796. The third kappa shape index (κ3) is 1.59. The maximum Gasteiger partial charge on any atom is 0.180 e. The number of aromatic nitrogens is 4. The van der Waals surface area contributed by atoms with Crippen LogP contribution in [0.1, 0.15) is 23.9 Å². The van der Waals surface area contributed by atoms with E-state index in [9.17, 15) is 0 Å². The molecule has 7 nitrogen and oxygen atoms in total. The summed E-state index contributed by atoms with van der Waals surface area (Å²) in [5.41, 5.74) is 6.86. The van der Waals surface area contributed by atoms with Crippen LogP contribution < -0.4 is 10.6 Å². The Morgan fingerprint density at radius 3 is 3.12 bits per heavy atom. The van der Waals surface area contributed by atoms with Gasteiger partial charge in [-0.2, -0.15) is 0 Å². The molecule has 1 unspecified atom stereocenters. The molecule has 3 rings (SSSR count). The van der Waals surface area contributed by atoms with Crippen LogP contribution in [0.25, 0.3) is 0 Å². The van der Waals surface area contributed by atoms with Gasteiger partial charge in [-0.05, 0) is 6.42 Å². The minimum absolute atomic E-state index is 0.415. The van der Waals surface area contributed by atoms with Gasteiger partial charge in [-0.3, -0.25) is 0 Å². The van der Waals surface area contributed by atoms with Gasteiger partial charge in [-0.15, -0.1) is 5.10 Å². The molecule has 0 saturated carbocycles. The molecule has 0 radical (unpaired) electrons. The highest BCUT2D eigenvalue weighted by molar-refractivity contribution is 5.47. The highest BCUT2D eigenvalue weighted by atomic mass is 16.3. The highest BCUT2D eigenvalue weighted by Gasteiger charge is 2.26. The standard InChI is InChI=1S/C10H14N6O/c1-15-3-2-4-16-10(15)9(13-14-16)8(11)7-5-12-6-17-7/h5-6,8H,2-4,11H2,1H3. The summed E-state index contributed by atoms with van der Waals surface area (Å²) < 4.78 is 7.10. The SMILES string of the molecule is CN1CCCn2nnc(C(N)c3cnco3)c21. The molecule has 1 aliphatic rings. The Bertz CT molecular complexity index is 505. The fourth-order valence-corrected chi connectivity index (χ4v) is 2.14. The first-order valence-electron chi connectivity index (χ1n) is 5.56. The first kappa shape index (κ1) is 10.3. The van der Waals surface area contributed by atoms with E-state index in [1.165, 1.54) is 6.39 Å². The fourth-order valence-electron chi connectivity index (χ4n) is 2.14. The van der Waals surface area contributed by atoms with Crippen molar-refractivity contribution in [3.05, 3.63) is 24.0 Å². The molecule has 0 aliphatic carbocycles. The minimum Gasteiger partial charge on any atom is -0.446 e. The molecule has 1 aliphatic heterocycles. The molecule has 17 heavy (non-hydrogen) atoms. The van der Waals surface area contributed by atoms with Gasteiger partial charge in [-0.25, -0.2) is 9.67 Å². The van der Waals surface area contributed by atoms with Gasteiger partial charge in [0.2, 0.25) is 0 Å². The fraction of sp³-hybridized carbons (Fsp3) is 0.500. The number of rotatable bonds is 2. The Morgan fingerprint density at radius 2 is 2.35 bits per heavy atom. The number of hydrogen-bond donors (Lipinski definition) is 1. The molecule has 90 valence electrons. The maximum atomic E-state index is 6.12. The Morgan fingerprint density at radius 1 is 1.47 bits per heavy atom. The topological polar surface area (TPSA) is 86.0 Å². The van der Waals surface area contributed by atoms with Crippen LogP contribution in [0.3, 0.4) is 0 Å². The highest BCUT2D eigenvalue weighted by Crippen LogP contribution is 2.28. The van der Waals surface area contributed by atoms with Crippen molar-refractivity contribution >= 4 is 5.82 Å². The van der Waals surface area contributed by atoms with Gasteiger partial charge in [0.15, 0.2) is 12.2 Å². The van der Waals surface area contributed by atoms with Crippen LogP contribution in [0.15, 0.2) is 17.0 Å². The molecule has 0 bridgehead atoms. The Labute approximate surface area is 98.2 Å². The second-order valence-corrected chi connectivity index (χ2v) is 4.18. The second-order valence-electron chi connectivity index (χ2n) is 4.18. The van der Waals surface area contributed by atoms with Crippen molar-refractivity contribution in [3.8, 4) is 0 Å². The Hall–Kier alpha value is -1.89. The van der Waals surface area contributed by atoms with Crippen LogP contribution in [0, 0.1) is 0 Å². The van der Waals surface area contributed by atoms with E-state index in [0.717, 1.165) is 31.0 Å². The number of fused-ring (bicyclic) bond motifs is 1. The molecule has 7 heteroatoms. The lowest BCUT2D eigenvalue weighted by molar-refractivity contribution is 0.481. The lowest BCUT2D eigenvalue weighted by atomic mass is 10.1. The van der Waals surface area contributed by atoms with E-state index in [0.29, 0.717) is 5.76 Å². The molecule has 0 spiro atoms. The molecule has 1 atom stereocenters. The van der Waals surface area contributed by atoms with E-state index in [1.54, 1.807) is 6.20 Å². The molecule has 3 heterocycles. The molecule has 2 aromatic rings. The van der Waals surface area contributed by atoms with E-state index >= 15 is 0 Å². The van der Waals surface area contributed by atoms with Crippen molar-refractivity contribution in [1.29, 1.82) is 0 Å². The predicted octanol–water partition coefficient (Wildman–Crippen LogP) is 0.154. The molecule has 2 N–H and O–H groups in total. The zero-order valence-corrected chi connectivity index (χ0v) is 9.58. The van der Waals surface area contributed by atoms with Gasteiger partial charge >= 0.3 is 0 Å². The summed E-state index contributed by atoms with van der Waals surface area (Å²) in [6, 6.07) is -0.415. The van der Waals surface area contributed by atoms with Gasteiger partial charge in [-0.1, -0.05) is 5.21 Å². The summed E-state index contributed by atoms with van der Waals surface area (Å²) in [5, 5.41) is 8.28. The van der Waals surface area contributed by atoms with Crippen LogP contribution in [0.5, 0.6) is 0 Å². The number of hydrogen-bond acceptors (Lipinski definition) is 6. The number of anilines is 1. The van der Waals surface area contributed by atoms with E-state index in [1.807, 2.05) is 11.7 Å². The van der Waals surface area contributed by atoms with Gasteiger partial charge in [0, 0.05) is 20.1 Å². The van der Waals surface area contributed by atoms with Gasteiger partial charge in [0.05, 0.1) is 6.20 Å². The van der Waals surface area contributed by atoms with Crippen molar-refractivity contribution in [1.82, 2.24) is 20.0 Å². The summed E-state index contributed by atoms with van der Waals surface area (Å²) in [6.45, 7) is 1.87. The number of nitrogens with two attached hydrogens (primary N) is 1. The molecule has 0 amide bonds. The van der Waals surface area contributed by atoms with Crippen molar-refractivity contribution in [2.24, 2.45) is 5.73 Å². The summed E-state index contributed by atoms with van der Waals surface area (Å²) in [5.74, 6) is 1.58. The number of nitrogens with zero attached hydrogens (tertiary/aromatic N) is 5. The first-order valence-corrected chi connectivity index (χ1v) is 5.56. The smallest absolute Gasteiger partial charge is 0.180 e. The third-order valence-electron chi connectivity index (χ3n) is 3.01. The van der Waals surface area contributed by atoms with Crippen molar-refractivity contribution in [2.75, 3.05) is 18.5 Å². The molecule has 0 saturated heterocycles. The van der Waals surface area contributed by atoms with E-state index < -0.39 is 6.04 Å². The van der Waals surface area contributed by atoms with Gasteiger partial charge in [0.1, 0.15) is 17.5 Å². The largest absolute Gasteiger partial charge is 0.446 e. The zero-order valence-electron chi connectivity index (χ0n) is 9.58. The van der Waals surface area contributed by atoms with Crippen LogP contribution in [-0.4, -0.2) is 33.6 Å². The van der Waals surface area contributed by atoms with Crippen LogP contribution in [0.4, 0.5) is 5.82 Å². The first-order chi connectivity index (χ1) is 8.27. The predicted molar refractivity (Wildman–Crippen MR) is 60.4 cm³/mol. The van der Waals surface area contributed by atoms with E-state index in [4.69, 9.17) is 10.2 Å². The molecular weight excluding hydrogens is 220 g/mol. The molecule has 2 aromatic heterocycles. The van der Waals surface area contributed by atoms with Crippen molar-refractivity contribution in [2.45, 2.75) is 19.0 Å². The lowest BCUT2D eigenvalue weighted by Crippen LogP contribution is -2.30. The van der Waals surface area contributed by atoms with E-state index in [-0.39, 0.29) is 0 Å². The number of aryl methyl sites for hydroxylation is 1. The zero-order chi connectivity index (χ0) is 11.8. The summed E-state index contributed by atoms with van der Waals surface area (Å²) in [7, 11) is 2.02. The van der Waals surface area contributed by atoms with Crippen molar-refractivity contribution in [3.63, 3.8) is 0 Å². The molecule has 0 fully saturated rings. The van der Waals surface area contributed by atoms with Crippen LogP contribution >= 0.6 is 0 Å². The van der Waals surface area contributed by atoms with Gasteiger partial charge < -0.3 is 15.1 Å². The lowest BCUT2D eigenvalue weighted by Gasteiger charge is -2.26. The minimum atomic E-state index is -0.415. The Kier molecular flexibility index (Phi) is 2.32. The monoisotopic (exact) mass is 234 g/mol. The number of oxazole rings is 1. The summed E-state index contributed by atoms with van der Waals surface area (Å²) >= 11 is 0. The van der Waals surface area contributed by atoms with Crippen LogP contribution in [-0.2, 0) is 6.54 Å². The van der Waals surface area contributed by atoms with Crippen LogP contribution in [0.2, 0.25) is 0 Å².